The Morgan fingerprint density at radius 3 is 1.43 bits per heavy atom. The van der Waals surface area contributed by atoms with Gasteiger partial charge in [-0.05, 0) is 97.2 Å². The molecular formula is C76H127N9O44Si. The fourth-order valence-corrected chi connectivity index (χ4v) is 13.1. The predicted molar refractivity (Wildman–Crippen MR) is 436 cm³/mol. The van der Waals surface area contributed by atoms with Gasteiger partial charge in [0.15, 0.2) is 62.5 Å². The van der Waals surface area contributed by atoms with Crippen molar-refractivity contribution in [1.29, 1.82) is 0 Å². The number of aromatic nitrogens is 6. The highest BCUT2D eigenvalue weighted by molar-refractivity contribution is 6.83. The van der Waals surface area contributed by atoms with Gasteiger partial charge in [-0.3, -0.25) is 9.59 Å². The summed E-state index contributed by atoms with van der Waals surface area (Å²) in [4.78, 5) is 49.4. The maximum atomic E-state index is 12.7. The standard InChI is InChI=1S/C24H37N5O9.C23H32N4O8.C14H24O7Si.C13H22O8.2CH4.H2O9.H2O3/c1-33-21-19(30)20(31)24(34-2)38-22(21)23(32)26-7-9-35-11-13-37-14-12-36-10-8-29-18(15-27-28-29)16-3-5-17(25)6-4-16;1-31-20-18(28)19(29)23(32-2)35-21(20)22(30)24-11-14-6-8-15(9-7-14)27-16(12-25-26-27)13-34-17-5-3-4-10-33-17;1-18-11-9(15)10(16)14(19-2)21-12(11)13(17)20-7-6-8-22(3,4)5;1-17-10-8(14)9(15)13(18-2)21-11(10)12(16)20-6-7-4-3-5-19-7;;;1-3-5-7-9-8-6-4-2;1-3-2/h3-6,15,19-22,24,30-31H,7-14,25H2,1-2H3,(H,26,32);6-9,12,17-21,23,28-29H,3-5,10-11,13H2,1-2H3,(H,24,30);9-12,14-16H,7H2,1-5H3;7-11,13-15H,3-6H2,1-2H3;2*1H4;1-2H;1-2H/t19-,20+,21+,22?,24-;17?,18-,19+,20+,21?,23-;9-,10+,11+,12?,14-;7?,8-,9+,10+,11?,13-;;;;/m1111..../s1. The van der Waals surface area contributed by atoms with Gasteiger partial charge in [0.1, 0.15) is 87.9 Å². The smallest absolute Gasteiger partial charge is 0.339 e. The van der Waals surface area contributed by atoms with Crippen LogP contribution in [0.3, 0.4) is 0 Å². The zero-order valence-electron chi connectivity index (χ0n) is 72.1. The third-order valence-electron chi connectivity index (χ3n) is 18.9. The van der Waals surface area contributed by atoms with Gasteiger partial charge < -0.3 is 152 Å². The van der Waals surface area contributed by atoms with Gasteiger partial charge in [-0.15, -0.1) is 15.7 Å². The Kier molecular flexibility index (Phi) is 58.0. The van der Waals surface area contributed by atoms with Crippen molar-refractivity contribution in [3.05, 3.63) is 72.2 Å². The fourth-order valence-electron chi connectivity index (χ4n) is 12.5. The summed E-state index contributed by atoms with van der Waals surface area (Å²) in [5, 5.41) is 154. The predicted octanol–water partition coefficient (Wildman–Crippen LogP) is -2.07. The van der Waals surface area contributed by atoms with E-state index in [1.165, 1.54) is 56.9 Å². The highest BCUT2D eigenvalue weighted by Crippen LogP contribution is 2.30. The molecule has 6 fully saturated rings. The number of nitrogens with two attached hydrogens (primary N) is 1. The lowest BCUT2D eigenvalue weighted by atomic mass is 9.98. The minimum absolute atomic E-state index is 0. The van der Waals surface area contributed by atoms with Crippen molar-refractivity contribution in [1.82, 2.24) is 40.6 Å². The third-order valence-corrected chi connectivity index (χ3v) is 19.8. The molecular weight excluding hydrogens is 1770 g/mol. The number of aliphatic hydroxyl groups excluding tert-OH is 8. The number of nitrogen functional groups attached to an aromatic ring is 1. The summed E-state index contributed by atoms with van der Waals surface area (Å²) in [6.07, 6.45) is -16.0. The van der Waals surface area contributed by atoms with Gasteiger partial charge in [-0.25, -0.2) is 40.0 Å². The molecule has 6 unspecified atom stereocenters. The molecule has 8 heterocycles. The van der Waals surface area contributed by atoms with Crippen LogP contribution < -0.4 is 16.4 Å². The largest absolute Gasteiger partial charge is 0.461 e. The second-order valence-electron chi connectivity index (χ2n) is 28.6. The molecule has 0 aliphatic carbocycles. The number of nitrogens with zero attached hydrogens (tertiary/aromatic N) is 6. The van der Waals surface area contributed by atoms with Crippen LogP contribution in [0.2, 0.25) is 19.6 Å². The Balaban J connectivity index is 0.000000436. The Morgan fingerprint density at radius 2 is 0.969 bits per heavy atom. The van der Waals surface area contributed by atoms with Gasteiger partial charge in [-0.1, -0.05) is 80.1 Å². The van der Waals surface area contributed by atoms with Gasteiger partial charge in [-0.2, -0.15) is 0 Å². The molecule has 10 rings (SSSR count). The quantitative estimate of drug-likeness (QED) is 0.00433. The van der Waals surface area contributed by atoms with Crippen LogP contribution in [-0.4, -0.2) is 388 Å². The Labute approximate surface area is 749 Å². The number of carbonyl (C=O) groups is 4. The molecule has 16 N–H and O–H groups in total. The molecule has 2 aromatic heterocycles. The van der Waals surface area contributed by atoms with E-state index in [-0.39, 0.29) is 60.2 Å². The monoisotopic (exact) mass is 1900 g/mol. The first-order valence-corrected chi connectivity index (χ1v) is 43.0. The number of rotatable bonds is 40. The topological polar surface area (TPSA) is 681 Å². The lowest BCUT2D eigenvalue weighted by Crippen LogP contribution is -2.62. The Morgan fingerprint density at radius 1 is 0.515 bits per heavy atom. The van der Waals surface area contributed by atoms with Crippen LogP contribution in [0.4, 0.5) is 5.69 Å². The zero-order valence-corrected chi connectivity index (χ0v) is 73.1. The molecule has 6 aliphatic rings. The highest BCUT2D eigenvalue weighted by atomic mass is 28.3. The van der Waals surface area contributed by atoms with Crippen molar-refractivity contribution in [2.75, 3.05) is 135 Å². The summed E-state index contributed by atoms with van der Waals surface area (Å²) in [5.41, 5.74) is 13.8. The zero-order chi connectivity index (χ0) is 94.1. The van der Waals surface area contributed by atoms with E-state index in [1.807, 2.05) is 48.5 Å². The first-order chi connectivity index (χ1) is 61.6. The molecule has 2 amide bonds. The number of hydrogen-bond acceptors (Lipinski definition) is 49. The van der Waals surface area contributed by atoms with Gasteiger partial charge >= 0.3 is 11.9 Å². The van der Waals surface area contributed by atoms with E-state index >= 15 is 0 Å². The minimum Gasteiger partial charge on any atom is -0.461 e. The van der Waals surface area contributed by atoms with Crippen molar-refractivity contribution in [3.8, 4) is 28.4 Å². The normalized spacial score (nSPS) is 27.4. The number of methoxy groups -OCH3 is 8. The van der Waals surface area contributed by atoms with E-state index in [9.17, 15) is 60.0 Å². The molecule has 6 aliphatic heterocycles. The van der Waals surface area contributed by atoms with E-state index in [2.05, 4.69) is 103 Å². The second-order valence-corrected chi connectivity index (χ2v) is 33.3. The van der Waals surface area contributed by atoms with E-state index in [0.717, 1.165) is 60.3 Å². The highest BCUT2D eigenvalue weighted by Gasteiger charge is 2.52. The van der Waals surface area contributed by atoms with Gasteiger partial charge in [0.25, 0.3) is 11.8 Å². The van der Waals surface area contributed by atoms with Crippen LogP contribution in [0.25, 0.3) is 16.9 Å². The summed E-state index contributed by atoms with van der Waals surface area (Å²) >= 11 is 0. The summed E-state index contributed by atoms with van der Waals surface area (Å²) in [6, 6.07) is 15.0. The van der Waals surface area contributed by atoms with E-state index in [1.54, 1.807) is 21.8 Å². The fraction of sp³-hybridized carbons (Fsp3) is 0.711. The lowest BCUT2D eigenvalue weighted by Gasteiger charge is -2.40. The van der Waals surface area contributed by atoms with Crippen molar-refractivity contribution in [2.45, 2.75) is 222 Å². The number of anilines is 1. The molecule has 130 heavy (non-hydrogen) atoms. The molecule has 6 saturated heterocycles. The molecule has 54 heteroatoms. The number of aliphatic hydroxyl groups is 8. The minimum atomic E-state index is -1.53. The molecule has 2 aromatic carbocycles. The molecule has 0 radical (unpaired) electrons. The van der Waals surface area contributed by atoms with Crippen molar-refractivity contribution in [3.63, 3.8) is 0 Å². The number of benzene rings is 2. The maximum Gasteiger partial charge on any atom is 0.339 e. The summed E-state index contributed by atoms with van der Waals surface area (Å²) in [6.45, 7) is 11.3. The SMILES string of the molecule is C.C.CO[C@@H]1OC(C(=O)NCCOCCOCCOCCn2nncc2-c2ccc(N)cc2)[C@@H](OC)[C@H](O)[C@@H]1O.CO[C@@H]1OC(C(=O)NCc2ccc(-n3nncc3COC3CCCCO3)cc2)[C@@H](OC)[C@H](O)[C@@H]1O.CO[C@@H]1OC(C(=O)OCC#C[Si](C)(C)C)[C@@H](OC)[C@H](O)[C@@H]1O.CO[C@@H]1OC(C(=O)OCC2CCCO2)[C@@H](OC)[C@H](O)[C@@H]1O.OOO.OOOOOOOOO. The van der Waals surface area contributed by atoms with Crippen LogP contribution in [0.5, 0.6) is 0 Å². The maximum absolute atomic E-state index is 12.7. The van der Waals surface area contributed by atoms with Gasteiger partial charge in [0, 0.05) is 94.4 Å². The summed E-state index contributed by atoms with van der Waals surface area (Å²) in [7, 11) is 8.99. The Bertz CT molecular complexity index is 3730. The average Bonchev–Trinajstić information content (AvgIpc) is 1.45. The molecule has 0 saturated carbocycles. The molecule has 0 bridgehead atoms. The van der Waals surface area contributed by atoms with Crippen molar-refractivity contribution in [2.24, 2.45) is 0 Å². The number of carbonyl (C=O) groups excluding carboxylic acids is 4. The Hall–Kier alpha value is -7.34. The number of nitrogens with one attached hydrogen (secondary N) is 2. The first-order valence-electron chi connectivity index (χ1n) is 39.5. The van der Waals surface area contributed by atoms with Crippen LogP contribution >= 0.6 is 0 Å². The second kappa shape index (κ2) is 64.5. The van der Waals surface area contributed by atoms with Crippen LogP contribution in [0.1, 0.15) is 58.2 Å². The summed E-state index contributed by atoms with van der Waals surface area (Å²) in [5.74, 6) is 0.412. The van der Waals surface area contributed by atoms with Gasteiger partial charge in [0.05, 0.1) is 88.4 Å². The number of hydrogen-bond donors (Lipinski definition) is 15. The molecule has 4 aromatic rings. The van der Waals surface area contributed by atoms with Crippen LogP contribution in [0.15, 0.2) is 60.9 Å². The number of amides is 2. The lowest BCUT2D eigenvalue weighted by molar-refractivity contribution is -0.828. The van der Waals surface area contributed by atoms with E-state index in [4.69, 9.17) is 121 Å². The summed E-state index contributed by atoms with van der Waals surface area (Å²) < 4.78 is 109. The van der Waals surface area contributed by atoms with E-state index in [0.29, 0.717) is 65.1 Å². The molecule has 0 spiro atoms. The van der Waals surface area contributed by atoms with Crippen LogP contribution in [-0.2, 0) is 174 Å². The molecule has 53 nitrogen and oxygen atoms in total. The van der Waals surface area contributed by atoms with Crippen molar-refractivity contribution < 1.29 is 216 Å². The average molecular weight is 1900 g/mol. The molecule has 744 valence electrons. The van der Waals surface area contributed by atoms with Gasteiger partial charge in [0.2, 0.25) is 0 Å². The van der Waals surface area contributed by atoms with E-state index < -0.39 is 155 Å². The van der Waals surface area contributed by atoms with Crippen LogP contribution in [0, 0.1) is 11.5 Å². The number of esters is 2. The first kappa shape index (κ1) is 117. The number of ether oxygens (including phenoxy) is 20. The van der Waals surface area contributed by atoms with Crippen molar-refractivity contribution >= 4 is 37.5 Å². The molecule has 22 atom stereocenters. The third kappa shape index (κ3) is 38.6.